The van der Waals surface area contributed by atoms with Crippen LogP contribution in [0.25, 0.3) is 4.96 Å². The molecule has 0 saturated carbocycles. The molecule has 2 heterocycles. The molecule has 0 spiro atoms. The van der Waals surface area contributed by atoms with Crippen LogP contribution in [0.2, 0.25) is 0 Å². The van der Waals surface area contributed by atoms with Crippen molar-refractivity contribution in [1.29, 1.82) is 0 Å². The van der Waals surface area contributed by atoms with Gasteiger partial charge < -0.3 is 5.11 Å². The highest BCUT2D eigenvalue weighted by Gasteiger charge is 2.18. The van der Waals surface area contributed by atoms with Crippen molar-refractivity contribution < 1.29 is 9.90 Å². The summed E-state index contributed by atoms with van der Waals surface area (Å²) >= 11 is 1.52. The predicted molar refractivity (Wildman–Crippen MR) is 54.2 cm³/mol. The number of aryl methyl sites for hydroxylation is 3. The van der Waals surface area contributed by atoms with Gasteiger partial charge in [0.05, 0.1) is 5.69 Å². The number of carbonyl (C=O) groups is 1. The molecule has 2 aromatic heterocycles. The molecule has 0 bridgehead atoms. The molecule has 0 aliphatic rings. The highest BCUT2D eigenvalue weighted by Crippen LogP contribution is 2.24. The lowest BCUT2D eigenvalue weighted by Crippen LogP contribution is -2.00. The molecular formula is C9H10N2O2S. The highest BCUT2D eigenvalue weighted by molar-refractivity contribution is 7.17. The van der Waals surface area contributed by atoms with Gasteiger partial charge in [-0.05, 0) is 20.8 Å². The second-order valence-electron chi connectivity index (χ2n) is 3.21. The summed E-state index contributed by atoms with van der Waals surface area (Å²) in [5.74, 6) is -0.963. The number of thiazole rings is 1. The molecular weight excluding hydrogens is 200 g/mol. The Hall–Kier alpha value is -1.36. The Morgan fingerprint density at radius 1 is 1.36 bits per heavy atom. The third kappa shape index (κ3) is 1.05. The minimum atomic E-state index is -0.963. The van der Waals surface area contributed by atoms with Crippen LogP contribution < -0.4 is 0 Å². The molecule has 2 rings (SSSR count). The van der Waals surface area contributed by atoms with Crippen molar-refractivity contribution in [2.24, 2.45) is 0 Å². The number of rotatable bonds is 1. The van der Waals surface area contributed by atoms with Gasteiger partial charge in [-0.25, -0.2) is 9.78 Å². The lowest BCUT2D eigenvalue weighted by atomic mass is 10.3. The summed E-state index contributed by atoms with van der Waals surface area (Å²) in [5, 5.41) is 8.87. The Kier molecular flexibility index (Phi) is 1.85. The van der Waals surface area contributed by atoms with Gasteiger partial charge in [0.25, 0.3) is 0 Å². The molecule has 0 atom stereocenters. The maximum atomic E-state index is 10.8. The average molecular weight is 210 g/mol. The van der Waals surface area contributed by atoms with Gasteiger partial charge in [-0.3, -0.25) is 4.40 Å². The number of hydrogen-bond acceptors (Lipinski definition) is 3. The monoisotopic (exact) mass is 210 g/mol. The molecule has 2 aromatic rings. The Morgan fingerprint density at radius 2 is 2.00 bits per heavy atom. The van der Waals surface area contributed by atoms with Crippen LogP contribution in [-0.4, -0.2) is 20.5 Å². The third-order valence-corrected chi connectivity index (χ3v) is 3.43. The fourth-order valence-electron chi connectivity index (χ4n) is 1.51. The summed E-state index contributed by atoms with van der Waals surface area (Å²) in [6.07, 6.45) is 0. The third-order valence-electron chi connectivity index (χ3n) is 2.37. The zero-order valence-electron chi connectivity index (χ0n) is 8.16. The first kappa shape index (κ1) is 9.21. The number of imidazole rings is 1. The van der Waals surface area contributed by atoms with Crippen molar-refractivity contribution in [2.75, 3.05) is 0 Å². The highest BCUT2D eigenvalue weighted by atomic mass is 32.1. The van der Waals surface area contributed by atoms with Crippen LogP contribution in [0.1, 0.15) is 26.8 Å². The van der Waals surface area contributed by atoms with Crippen molar-refractivity contribution in [3.05, 3.63) is 22.0 Å². The molecule has 0 aliphatic carbocycles. The number of carboxylic acid groups (broad SMARTS) is 1. The second kappa shape index (κ2) is 2.81. The van der Waals surface area contributed by atoms with Crippen LogP contribution in [0.5, 0.6) is 0 Å². The van der Waals surface area contributed by atoms with Crippen LogP contribution >= 0.6 is 11.3 Å². The summed E-state index contributed by atoms with van der Waals surface area (Å²) in [6.45, 7) is 5.76. The fourth-order valence-corrected chi connectivity index (χ4v) is 2.53. The first-order valence-corrected chi connectivity index (χ1v) is 5.02. The number of aromatic nitrogens is 2. The van der Waals surface area contributed by atoms with E-state index in [0.29, 0.717) is 5.69 Å². The van der Waals surface area contributed by atoms with E-state index >= 15 is 0 Å². The molecule has 74 valence electrons. The molecule has 0 fully saturated rings. The van der Waals surface area contributed by atoms with Crippen molar-refractivity contribution in [3.63, 3.8) is 0 Å². The van der Waals surface area contributed by atoms with Gasteiger partial charge in [0.2, 0.25) is 0 Å². The standard InChI is InChI=1S/C9H10N2O2S/c1-4-6(3)14-9-10-7(8(12)13)5(2)11(4)9/h1-3H3,(H,12,13). The maximum Gasteiger partial charge on any atom is 0.356 e. The van der Waals surface area contributed by atoms with Gasteiger partial charge in [-0.15, -0.1) is 11.3 Å². The Balaban J connectivity index is 2.84. The molecule has 5 heteroatoms. The van der Waals surface area contributed by atoms with Gasteiger partial charge >= 0.3 is 5.97 Å². The Labute approximate surface area is 84.8 Å². The Morgan fingerprint density at radius 3 is 2.50 bits per heavy atom. The van der Waals surface area contributed by atoms with E-state index in [1.807, 2.05) is 18.2 Å². The minimum absolute atomic E-state index is 0.152. The number of aromatic carboxylic acids is 1. The van der Waals surface area contributed by atoms with Gasteiger partial charge in [-0.2, -0.15) is 0 Å². The molecule has 0 saturated heterocycles. The first-order valence-electron chi connectivity index (χ1n) is 4.20. The van der Waals surface area contributed by atoms with E-state index in [2.05, 4.69) is 4.98 Å². The van der Waals surface area contributed by atoms with Crippen molar-refractivity contribution in [2.45, 2.75) is 20.8 Å². The summed E-state index contributed by atoms with van der Waals surface area (Å²) < 4.78 is 1.89. The molecule has 0 unspecified atom stereocenters. The SMILES string of the molecule is Cc1sc2nc(C(=O)O)c(C)n2c1C. The zero-order chi connectivity index (χ0) is 10.5. The molecule has 4 nitrogen and oxygen atoms in total. The number of fused-ring (bicyclic) bond motifs is 1. The van der Waals surface area contributed by atoms with Crippen LogP contribution in [0.4, 0.5) is 0 Å². The average Bonchev–Trinajstić information content (AvgIpc) is 2.54. The second-order valence-corrected chi connectivity index (χ2v) is 4.39. The molecule has 0 aliphatic heterocycles. The molecule has 0 radical (unpaired) electrons. The smallest absolute Gasteiger partial charge is 0.356 e. The molecule has 1 N–H and O–H groups in total. The van der Waals surface area contributed by atoms with Crippen LogP contribution in [0.3, 0.4) is 0 Å². The van der Waals surface area contributed by atoms with Crippen LogP contribution in [0.15, 0.2) is 0 Å². The molecule has 14 heavy (non-hydrogen) atoms. The van der Waals surface area contributed by atoms with E-state index in [-0.39, 0.29) is 5.69 Å². The van der Waals surface area contributed by atoms with Crippen molar-refractivity contribution in [3.8, 4) is 0 Å². The first-order chi connectivity index (χ1) is 6.52. The number of carboxylic acids is 1. The largest absolute Gasteiger partial charge is 0.476 e. The Bertz CT molecular complexity index is 524. The summed E-state index contributed by atoms with van der Waals surface area (Å²) in [7, 11) is 0. The summed E-state index contributed by atoms with van der Waals surface area (Å²) in [4.78, 5) is 16.8. The number of hydrogen-bond donors (Lipinski definition) is 1. The van der Waals surface area contributed by atoms with Crippen molar-refractivity contribution >= 4 is 22.3 Å². The quantitative estimate of drug-likeness (QED) is 0.783. The summed E-state index contributed by atoms with van der Waals surface area (Å²) in [6, 6.07) is 0. The predicted octanol–water partition coefficient (Wildman–Crippen LogP) is 2.02. The normalized spacial score (nSPS) is 11.1. The molecule has 0 amide bonds. The van der Waals surface area contributed by atoms with E-state index in [0.717, 1.165) is 10.7 Å². The van der Waals surface area contributed by atoms with E-state index in [1.165, 1.54) is 16.2 Å². The van der Waals surface area contributed by atoms with Crippen LogP contribution in [0, 0.1) is 20.8 Å². The van der Waals surface area contributed by atoms with Gasteiger partial charge in [-0.1, -0.05) is 0 Å². The minimum Gasteiger partial charge on any atom is -0.476 e. The van der Waals surface area contributed by atoms with E-state index < -0.39 is 5.97 Å². The fraction of sp³-hybridized carbons (Fsp3) is 0.333. The molecule has 0 aromatic carbocycles. The summed E-state index contributed by atoms with van der Waals surface area (Å²) in [5.41, 5.74) is 1.93. The zero-order valence-corrected chi connectivity index (χ0v) is 8.97. The van der Waals surface area contributed by atoms with Gasteiger partial charge in [0, 0.05) is 10.6 Å². The maximum absolute atomic E-state index is 10.8. The van der Waals surface area contributed by atoms with E-state index in [1.54, 1.807) is 6.92 Å². The van der Waals surface area contributed by atoms with E-state index in [4.69, 9.17) is 5.11 Å². The van der Waals surface area contributed by atoms with Crippen LogP contribution in [-0.2, 0) is 0 Å². The lowest BCUT2D eigenvalue weighted by molar-refractivity contribution is 0.0690. The lowest BCUT2D eigenvalue weighted by Gasteiger charge is -1.95. The van der Waals surface area contributed by atoms with Gasteiger partial charge in [0.15, 0.2) is 10.7 Å². The van der Waals surface area contributed by atoms with Crippen molar-refractivity contribution in [1.82, 2.24) is 9.38 Å². The van der Waals surface area contributed by atoms with Gasteiger partial charge in [0.1, 0.15) is 0 Å². The van der Waals surface area contributed by atoms with E-state index in [9.17, 15) is 4.79 Å². The topological polar surface area (TPSA) is 54.6 Å². The number of nitrogens with zero attached hydrogens (tertiary/aromatic N) is 2.